The first-order valence-electron chi connectivity index (χ1n) is 9.85. The second-order valence-corrected chi connectivity index (χ2v) is 7.63. The van der Waals surface area contributed by atoms with E-state index in [-0.39, 0.29) is 17.5 Å². The molecule has 0 aromatic carbocycles. The van der Waals surface area contributed by atoms with E-state index in [9.17, 15) is 5.26 Å². The first-order valence-corrected chi connectivity index (χ1v) is 10.2. The molecule has 0 spiro atoms. The predicted molar refractivity (Wildman–Crippen MR) is 109 cm³/mol. The molecule has 3 rings (SSSR count). The Morgan fingerprint density at radius 2 is 2.11 bits per heavy atom. The molecule has 1 fully saturated rings. The van der Waals surface area contributed by atoms with Gasteiger partial charge in [0.1, 0.15) is 11.6 Å². The van der Waals surface area contributed by atoms with Crippen molar-refractivity contribution in [2.75, 3.05) is 5.73 Å². The number of nitrogen functional groups attached to an aromatic ring is 1. The second-order valence-electron chi connectivity index (χ2n) is 7.25. The molecule has 27 heavy (non-hydrogen) atoms. The van der Waals surface area contributed by atoms with E-state index in [1.54, 1.807) is 10.7 Å². The van der Waals surface area contributed by atoms with Crippen LogP contribution in [0.1, 0.15) is 83.4 Å². The van der Waals surface area contributed by atoms with Crippen LogP contribution in [0.5, 0.6) is 0 Å². The van der Waals surface area contributed by atoms with Crippen LogP contribution in [0.15, 0.2) is 6.20 Å². The second kappa shape index (κ2) is 9.38. The van der Waals surface area contributed by atoms with Gasteiger partial charge >= 0.3 is 0 Å². The van der Waals surface area contributed by atoms with Crippen molar-refractivity contribution in [3.8, 4) is 6.07 Å². The normalized spacial score (nSPS) is 16.1. The minimum Gasteiger partial charge on any atom is -0.393 e. The summed E-state index contributed by atoms with van der Waals surface area (Å²) >= 11 is 6.29. The SMILES string of the molecule is CCC1(c2c(C#N)c(Cl)c3cnc(N)nn23)CCC1.CCCCC(O)CC. The molecule has 0 saturated heterocycles. The van der Waals surface area contributed by atoms with E-state index in [0.29, 0.717) is 16.1 Å². The number of halogens is 1. The van der Waals surface area contributed by atoms with Gasteiger partial charge in [0.15, 0.2) is 0 Å². The highest BCUT2D eigenvalue weighted by molar-refractivity contribution is 6.35. The molecule has 6 nitrogen and oxygen atoms in total. The van der Waals surface area contributed by atoms with Gasteiger partial charge < -0.3 is 10.8 Å². The van der Waals surface area contributed by atoms with E-state index in [1.807, 2.05) is 6.92 Å². The van der Waals surface area contributed by atoms with Crippen molar-refractivity contribution < 1.29 is 5.11 Å². The van der Waals surface area contributed by atoms with Crippen molar-refractivity contribution >= 4 is 23.1 Å². The number of hydrogen-bond donors (Lipinski definition) is 2. The number of fused-ring (bicyclic) bond motifs is 1. The summed E-state index contributed by atoms with van der Waals surface area (Å²) in [6.07, 6.45) is 10.0. The summed E-state index contributed by atoms with van der Waals surface area (Å²) in [6.45, 7) is 6.29. The van der Waals surface area contributed by atoms with Gasteiger partial charge in [-0.1, -0.05) is 51.6 Å². The number of aliphatic hydroxyl groups is 1. The van der Waals surface area contributed by atoms with Gasteiger partial charge in [0.2, 0.25) is 5.95 Å². The Bertz CT molecular complexity index is 801. The summed E-state index contributed by atoms with van der Waals surface area (Å²) in [5.41, 5.74) is 7.74. The van der Waals surface area contributed by atoms with Crippen LogP contribution in [0.3, 0.4) is 0 Å². The Kier molecular flexibility index (Phi) is 7.46. The number of hydrogen-bond acceptors (Lipinski definition) is 5. The molecule has 1 aliphatic rings. The lowest BCUT2D eigenvalue weighted by Crippen LogP contribution is -2.35. The van der Waals surface area contributed by atoms with E-state index >= 15 is 0 Å². The van der Waals surface area contributed by atoms with Crippen LogP contribution in [-0.4, -0.2) is 25.8 Å². The molecule has 2 heterocycles. The van der Waals surface area contributed by atoms with E-state index in [1.165, 1.54) is 12.8 Å². The predicted octanol–water partition coefficient (Wildman–Crippen LogP) is 4.62. The highest BCUT2D eigenvalue weighted by atomic mass is 35.5. The third kappa shape index (κ3) is 4.36. The molecule has 3 N–H and O–H groups in total. The average molecular weight is 392 g/mol. The van der Waals surface area contributed by atoms with Crippen LogP contribution in [0.2, 0.25) is 5.02 Å². The number of rotatable bonds is 6. The van der Waals surface area contributed by atoms with E-state index in [2.05, 4.69) is 30.0 Å². The van der Waals surface area contributed by atoms with E-state index in [0.717, 1.165) is 44.2 Å². The molecule has 1 aliphatic carbocycles. The van der Waals surface area contributed by atoms with Crippen LogP contribution < -0.4 is 5.73 Å². The molecule has 1 atom stereocenters. The minimum atomic E-state index is -0.0463. The number of anilines is 1. The summed E-state index contributed by atoms with van der Waals surface area (Å²) in [6, 6.07) is 2.22. The van der Waals surface area contributed by atoms with Gasteiger partial charge in [0, 0.05) is 5.41 Å². The zero-order valence-electron chi connectivity index (χ0n) is 16.5. The van der Waals surface area contributed by atoms with Crippen molar-refractivity contribution in [3.05, 3.63) is 22.5 Å². The first-order chi connectivity index (χ1) is 12.9. The number of nitrogens with zero attached hydrogens (tertiary/aromatic N) is 4. The summed E-state index contributed by atoms with van der Waals surface area (Å²) < 4.78 is 1.71. The van der Waals surface area contributed by atoms with E-state index in [4.69, 9.17) is 22.4 Å². The van der Waals surface area contributed by atoms with Crippen molar-refractivity contribution in [3.63, 3.8) is 0 Å². The Morgan fingerprint density at radius 3 is 2.59 bits per heavy atom. The molecule has 1 unspecified atom stereocenters. The fourth-order valence-corrected chi connectivity index (χ4v) is 3.88. The maximum atomic E-state index is 9.42. The summed E-state index contributed by atoms with van der Waals surface area (Å²) in [7, 11) is 0. The average Bonchev–Trinajstić information content (AvgIpc) is 2.91. The lowest BCUT2D eigenvalue weighted by Gasteiger charge is -2.41. The van der Waals surface area contributed by atoms with Crippen LogP contribution in [0, 0.1) is 11.3 Å². The lowest BCUT2D eigenvalue weighted by atomic mass is 9.64. The summed E-state index contributed by atoms with van der Waals surface area (Å²) in [4.78, 5) is 3.96. The van der Waals surface area contributed by atoms with Crippen molar-refractivity contribution in [2.24, 2.45) is 0 Å². The molecule has 1 saturated carbocycles. The molecule has 7 heteroatoms. The molecule has 2 aromatic rings. The highest BCUT2D eigenvalue weighted by Crippen LogP contribution is 2.49. The zero-order valence-corrected chi connectivity index (χ0v) is 17.3. The van der Waals surface area contributed by atoms with Crippen molar-refractivity contribution in [2.45, 2.75) is 83.7 Å². The van der Waals surface area contributed by atoms with Gasteiger partial charge in [-0.2, -0.15) is 5.26 Å². The zero-order chi connectivity index (χ0) is 20.0. The monoisotopic (exact) mass is 391 g/mol. The number of nitriles is 1. The smallest absolute Gasteiger partial charge is 0.238 e. The molecule has 2 aromatic heterocycles. The fourth-order valence-electron chi connectivity index (χ4n) is 3.62. The fraction of sp³-hybridized carbons (Fsp3) is 0.650. The maximum Gasteiger partial charge on any atom is 0.238 e. The van der Waals surface area contributed by atoms with Crippen LogP contribution in [-0.2, 0) is 5.41 Å². The number of aromatic nitrogens is 3. The van der Waals surface area contributed by atoms with Gasteiger partial charge in [0.05, 0.1) is 28.6 Å². The summed E-state index contributed by atoms with van der Waals surface area (Å²) in [5, 5.41) is 23.1. The Balaban J connectivity index is 0.000000279. The van der Waals surface area contributed by atoms with Gasteiger partial charge in [0.25, 0.3) is 0 Å². The van der Waals surface area contributed by atoms with Crippen molar-refractivity contribution in [1.29, 1.82) is 5.26 Å². The van der Waals surface area contributed by atoms with Crippen LogP contribution in [0.25, 0.3) is 5.52 Å². The van der Waals surface area contributed by atoms with Gasteiger partial charge in [-0.3, -0.25) is 0 Å². The quantitative estimate of drug-likeness (QED) is 0.748. The summed E-state index contributed by atoms with van der Waals surface area (Å²) in [5.74, 6) is 0.190. The molecule has 0 radical (unpaired) electrons. The molecule has 0 aliphatic heterocycles. The van der Waals surface area contributed by atoms with Gasteiger partial charge in [-0.15, -0.1) is 5.10 Å². The molecule has 0 amide bonds. The highest BCUT2D eigenvalue weighted by Gasteiger charge is 2.42. The third-order valence-corrected chi connectivity index (χ3v) is 5.99. The largest absolute Gasteiger partial charge is 0.393 e. The number of aliphatic hydroxyl groups excluding tert-OH is 1. The standard InChI is InChI=1S/C13H14ClN5.C7H16O/c1-2-13(4-3-5-13)11-8(6-15)10(14)9-7-17-12(16)18-19(9)11;1-3-5-6-7(8)4-2/h7H,2-5H2,1H3,(H2,16,18);7-8H,3-6H2,1-2H3. The Hall–Kier alpha value is -1.84. The third-order valence-electron chi connectivity index (χ3n) is 5.61. The van der Waals surface area contributed by atoms with Gasteiger partial charge in [-0.25, -0.2) is 9.50 Å². The van der Waals surface area contributed by atoms with Gasteiger partial charge in [-0.05, 0) is 32.1 Å². The molecule has 0 bridgehead atoms. The Labute approximate surface area is 166 Å². The maximum absolute atomic E-state index is 9.42. The lowest BCUT2D eigenvalue weighted by molar-refractivity contribution is 0.157. The number of unbranched alkanes of at least 4 members (excludes halogenated alkanes) is 1. The Morgan fingerprint density at radius 1 is 1.41 bits per heavy atom. The van der Waals surface area contributed by atoms with E-state index < -0.39 is 0 Å². The first kappa shape index (κ1) is 21.5. The van der Waals surface area contributed by atoms with Crippen molar-refractivity contribution in [1.82, 2.24) is 14.6 Å². The molecule has 148 valence electrons. The van der Waals surface area contributed by atoms with Crippen LogP contribution >= 0.6 is 11.6 Å². The van der Waals surface area contributed by atoms with Crippen LogP contribution in [0.4, 0.5) is 5.95 Å². The molecular weight excluding hydrogens is 362 g/mol. The number of nitrogens with two attached hydrogens (primary N) is 1. The topological polar surface area (TPSA) is 100 Å². The minimum absolute atomic E-state index is 0.00190. The molecular formula is C20H30ClN5O.